The van der Waals surface area contributed by atoms with E-state index in [0.717, 1.165) is 24.1 Å². The summed E-state index contributed by atoms with van der Waals surface area (Å²) in [6.45, 7) is 1.63. The number of para-hydroxylation sites is 1. The summed E-state index contributed by atoms with van der Waals surface area (Å²) in [6, 6.07) is 9.95. The topological polar surface area (TPSA) is 56.7 Å². The Morgan fingerprint density at radius 1 is 1.30 bits per heavy atom. The van der Waals surface area contributed by atoms with Crippen molar-refractivity contribution in [3.8, 4) is 0 Å². The van der Waals surface area contributed by atoms with E-state index in [9.17, 15) is 4.79 Å². The van der Waals surface area contributed by atoms with Gasteiger partial charge in [-0.3, -0.25) is 9.79 Å². The number of benzene rings is 1. The number of carbonyl (C=O) groups excluding carboxylic acids is 1. The van der Waals surface area contributed by atoms with Crippen LogP contribution in [0.25, 0.3) is 0 Å². The van der Waals surface area contributed by atoms with Crippen LogP contribution in [-0.2, 0) is 4.79 Å². The lowest BCUT2D eigenvalue weighted by atomic mass is 10.2. The fourth-order valence-corrected chi connectivity index (χ4v) is 3.05. The van der Waals surface area contributed by atoms with Crippen LogP contribution >= 0.6 is 0 Å². The maximum absolute atomic E-state index is 12.2. The van der Waals surface area contributed by atoms with Gasteiger partial charge in [0.1, 0.15) is 0 Å². The van der Waals surface area contributed by atoms with Gasteiger partial charge in [0.05, 0.1) is 6.04 Å². The number of rotatable bonds is 6. The monoisotopic (exact) mass is 314 g/mol. The summed E-state index contributed by atoms with van der Waals surface area (Å²) in [5.74, 6) is 1.94. The summed E-state index contributed by atoms with van der Waals surface area (Å²) in [5, 5.41) is 6.73. The molecule has 1 aliphatic carbocycles. The maximum atomic E-state index is 12.2. The molecular formula is C18H26N4O. The number of carbonyl (C=O) groups is 1. The van der Waals surface area contributed by atoms with Gasteiger partial charge in [0.2, 0.25) is 5.91 Å². The van der Waals surface area contributed by atoms with E-state index in [1.165, 1.54) is 25.7 Å². The molecule has 124 valence electrons. The van der Waals surface area contributed by atoms with E-state index < -0.39 is 0 Å². The first kappa shape index (κ1) is 15.8. The number of hydrogen-bond acceptors (Lipinski definition) is 2. The average Bonchev–Trinajstić information content (AvgIpc) is 3.33. The van der Waals surface area contributed by atoms with Gasteiger partial charge in [-0.1, -0.05) is 31.0 Å². The molecule has 0 aromatic heterocycles. The van der Waals surface area contributed by atoms with Crippen LogP contribution in [0.2, 0.25) is 0 Å². The highest BCUT2D eigenvalue weighted by Crippen LogP contribution is 2.33. The number of hydrogen-bond donors (Lipinski definition) is 2. The number of aliphatic imine (C=N–C) groups is 1. The summed E-state index contributed by atoms with van der Waals surface area (Å²) in [7, 11) is 1.78. The van der Waals surface area contributed by atoms with E-state index in [-0.39, 0.29) is 11.9 Å². The largest absolute Gasteiger partial charge is 0.356 e. The van der Waals surface area contributed by atoms with Crippen molar-refractivity contribution in [3.05, 3.63) is 30.3 Å². The molecule has 1 heterocycles. The van der Waals surface area contributed by atoms with E-state index in [1.807, 2.05) is 35.2 Å². The van der Waals surface area contributed by atoms with Crippen LogP contribution in [0, 0.1) is 5.92 Å². The summed E-state index contributed by atoms with van der Waals surface area (Å²) in [4.78, 5) is 18.3. The summed E-state index contributed by atoms with van der Waals surface area (Å²) < 4.78 is 0. The Morgan fingerprint density at radius 2 is 2.09 bits per heavy atom. The van der Waals surface area contributed by atoms with Crippen molar-refractivity contribution in [2.24, 2.45) is 10.9 Å². The van der Waals surface area contributed by atoms with Crippen molar-refractivity contribution >= 4 is 17.6 Å². The minimum absolute atomic E-state index is 0.109. The summed E-state index contributed by atoms with van der Waals surface area (Å²) >= 11 is 0. The average molecular weight is 314 g/mol. The Balaban J connectivity index is 1.46. The first-order valence-corrected chi connectivity index (χ1v) is 8.59. The molecule has 0 radical (unpaired) electrons. The third kappa shape index (κ3) is 4.47. The second kappa shape index (κ2) is 7.49. The number of guanidine groups is 1. The van der Waals surface area contributed by atoms with Crippen LogP contribution < -0.4 is 15.5 Å². The first-order valence-electron chi connectivity index (χ1n) is 8.59. The quantitative estimate of drug-likeness (QED) is 0.480. The van der Waals surface area contributed by atoms with Gasteiger partial charge in [0, 0.05) is 32.2 Å². The zero-order chi connectivity index (χ0) is 16.1. The molecular weight excluding hydrogens is 288 g/mol. The molecule has 0 bridgehead atoms. The Bertz CT molecular complexity index is 553. The maximum Gasteiger partial charge on any atom is 0.229 e. The molecule has 1 aromatic carbocycles. The van der Waals surface area contributed by atoms with Crippen molar-refractivity contribution in [1.29, 1.82) is 0 Å². The SMILES string of the molecule is CN=C(NCCCC1CC1)NC1CC(=O)N(c2ccccc2)C1. The highest BCUT2D eigenvalue weighted by Gasteiger charge is 2.31. The van der Waals surface area contributed by atoms with E-state index in [0.29, 0.717) is 13.0 Å². The fraction of sp³-hybridized carbons (Fsp3) is 0.556. The van der Waals surface area contributed by atoms with Gasteiger partial charge in [-0.15, -0.1) is 0 Å². The standard InChI is InChI=1S/C18H26N4O/c1-19-18(20-11-5-6-14-9-10-14)21-15-12-17(23)22(13-15)16-7-3-2-4-8-16/h2-4,7-8,14-15H,5-6,9-13H2,1H3,(H2,19,20,21). The highest BCUT2D eigenvalue weighted by molar-refractivity contribution is 5.97. The van der Waals surface area contributed by atoms with Gasteiger partial charge in [-0.2, -0.15) is 0 Å². The van der Waals surface area contributed by atoms with E-state index in [4.69, 9.17) is 0 Å². The molecule has 1 aliphatic heterocycles. The summed E-state index contributed by atoms with van der Waals surface area (Å²) in [5.41, 5.74) is 0.967. The van der Waals surface area contributed by atoms with Gasteiger partial charge in [-0.25, -0.2) is 0 Å². The van der Waals surface area contributed by atoms with Crippen LogP contribution in [0.5, 0.6) is 0 Å². The first-order chi connectivity index (χ1) is 11.3. The molecule has 5 nitrogen and oxygen atoms in total. The lowest BCUT2D eigenvalue weighted by Gasteiger charge is -2.19. The van der Waals surface area contributed by atoms with Crippen molar-refractivity contribution in [3.63, 3.8) is 0 Å². The molecule has 3 rings (SSSR count). The van der Waals surface area contributed by atoms with Crippen LogP contribution in [0.3, 0.4) is 0 Å². The molecule has 1 saturated carbocycles. The fourth-order valence-electron chi connectivity index (χ4n) is 3.05. The molecule has 1 atom stereocenters. The number of nitrogens with one attached hydrogen (secondary N) is 2. The zero-order valence-electron chi connectivity index (χ0n) is 13.8. The van der Waals surface area contributed by atoms with Gasteiger partial charge >= 0.3 is 0 Å². The van der Waals surface area contributed by atoms with Crippen LogP contribution in [-0.4, -0.2) is 38.0 Å². The molecule has 2 N–H and O–H groups in total. The van der Waals surface area contributed by atoms with E-state index >= 15 is 0 Å². The van der Waals surface area contributed by atoms with Crippen LogP contribution in [0.1, 0.15) is 32.1 Å². The van der Waals surface area contributed by atoms with E-state index in [1.54, 1.807) is 7.05 Å². The molecule has 5 heteroatoms. The Morgan fingerprint density at radius 3 is 2.78 bits per heavy atom. The van der Waals surface area contributed by atoms with Crippen molar-refractivity contribution in [2.75, 3.05) is 25.0 Å². The molecule has 2 aliphatic rings. The second-order valence-corrected chi connectivity index (χ2v) is 6.47. The van der Waals surface area contributed by atoms with Gasteiger partial charge in [-0.05, 0) is 30.9 Å². The molecule has 1 amide bonds. The number of nitrogens with zero attached hydrogens (tertiary/aromatic N) is 2. The van der Waals surface area contributed by atoms with Gasteiger partial charge in [0.15, 0.2) is 5.96 Å². The lowest BCUT2D eigenvalue weighted by molar-refractivity contribution is -0.117. The van der Waals surface area contributed by atoms with E-state index in [2.05, 4.69) is 15.6 Å². The lowest BCUT2D eigenvalue weighted by Crippen LogP contribution is -2.44. The molecule has 1 unspecified atom stereocenters. The molecule has 23 heavy (non-hydrogen) atoms. The predicted octanol–water partition coefficient (Wildman–Crippen LogP) is 2.15. The Labute approximate surface area is 138 Å². The minimum Gasteiger partial charge on any atom is -0.356 e. The molecule has 1 saturated heterocycles. The normalized spacial score (nSPS) is 21.6. The van der Waals surface area contributed by atoms with Crippen molar-refractivity contribution in [1.82, 2.24) is 10.6 Å². The van der Waals surface area contributed by atoms with Crippen LogP contribution in [0.4, 0.5) is 5.69 Å². The van der Waals surface area contributed by atoms with Crippen LogP contribution in [0.15, 0.2) is 35.3 Å². The minimum atomic E-state index is 0.109. The van der Waals surface area contributed by atoms with Crippen molar-refractivity contribution in [2.45, 2.75) is 38.1 Å². The number of anilines is 1. The highest BCUT2D eigenvalue weighted by atomic mass is 16.2. The Hall–Kier alpha value is -2.04. The smallest absolute Gasteiger partial charge is 0.229 e. The number of amides is 1. The zero-order valence-corrected chi connectivity index (χ0v) is 13.8. The van der Waals surface area contributed by atoms with Gasteiger partial charge in [0.25, 0.3) is 0 Å². The third-order valence-corrected chi connectivity index (χ3v) is 4.54. The molecule has 2 fully saturated rings. The third-order valence-electron chi connectivity index (χ3n) is 4.54. The Kier molecular flexibility index (Phi) is 5.16. The van der Waals surface area contributed by atoms with Crippen molar-refractivity contribution < 1.29 is 4.79 Å². The second-order valence-electron chi connectivity index (χ2n) is 6.47. The molecule has 0 spiro atoms. The van der Waals surface area contributed by atoms with Gasteiger partial charge < -0.3 is 15.5 Å². The molecule has 1 aromatic rings. The summed E-state index contributed by atoms with van der Waals surface area (Å²) in [6.07, 6.45) is 5.83. The predicted molar refractivity (Wildman–Crippen MR) is 93.7 cm³/mol.